The number of pyridine rings is 1. The molecule has 0 radical (unpaired) electrons. The van der Waals surface area contributed by atoms with Gasteiger partial charge in [0.25, 0.3) is 11.1 Å². The second-order valence-corrected chi connectivity index (χ2v) is 4.49. The molecule has 0 aliphatic carbocycles. The summed E-state index contributed by atoms with van der Waals surface area (Å²) in [4.78, 5) is 31.0. The lowest BCUT2D eigenvalue weighted by atomic mass is 10.2. The van der Waals surface area contributed by atoms with Crippen LogP contribution in [0.3, 0.4) is 0 Å². The number of hydrogen-bond donors (Lipinski definition) is 0. The first-order chi connectivity index (χ1) is 8.74. The van der Waals surface area contributed by atoms with E-state index in [1.54, 1.807) is 30.6 Å². The largest absolute Gasteiger partial charge is 0.292 e. The van der Waals surface area contributed by atoms with Crippen molar-refractivity contribution in [2.75, 3.05) is 0 Å². The Morgan fingerprint density at radius 1 is 1.22 bits per heavy atom. The van der Waals surface area contributed by atoms with Crippen LogP contribution in [0.1, 0.15) is 5.56 Å². The van der Waals surface area contributed by atoms with Gasteiger partial charge in [-0.05, 0) is 23.8 Å². The molecule has 0 amide bonds. The van der Waals surface area contributed by atoms with Crippen LogP contribution in [0.15, 0.2) is 40.3 Å². The smallest absolute Gasteiger partial charge is 0.266 e. The molecule has 0 spiro atoms. The van der Waals surface area contributed by atoms with E-state index in [4.69, 9.17) is 0 Å². The van der Waals surface area contributed by atoms with Crippen molar-refractivity contribution >= 4 is 22.4 Å². The fourth-order valence-electron chi connectivity index (χ4n) is 1.48. The molecule has 0 unspecified atom stereocenters. The molecular weight excluding hydrogens is 252 g/mol. The molecule has 3 aromatic heterocycles. The fraction of sp³-hybridized carbons (Fsp3) is 0. The molecular formula is C11H6N4O2S. The second kappa shape index (κ2) is 4.11. The van der Waals surface area contributed by atoms with E-state index in [0.29, 0.717) is 9.49 Å². The van der Waals surface area contributed by atoms with Crippen molar-refractivity contribution in [3.63, 3.8) is 0 Å². The Hall–Kier alpha value is -2.41. The van der Waals surface area contributed by atoms with E-state index in [2.05, 4.69) is 15.1 Å². The zero-order valence-corrected chi connectivity index (χ0v) is 9.79. The molecule has 0 atom stereocenters. The predicted octanol–water partition coefficient (Wildman–Crippen LogP) is -0.546. The minimum Gasteiger partial charge on any atom is -0.266 e. The average Bonchev–Trinajstić information content (AvgIpc) is 2.67. The van der Waals surface area contributed by atoms with Crippen LogP contribution in [-0.4, -0.2) is 19.6 Å². The van der Waals surface area contributed by atoms with Gasteiger partial charge < -0.3 is 0 Å². The van der Waals surface area contributed by atoms with Gasteiger partial charge in [-0.1, -0.05) is 11.3 Å². The molecule has 0 bridgehead atoms. The van der Waals surface area contributed by atoms with Gasteiger partial charge in [-0.2, -0.15) is 14.6 Å². The Labute approximate surface area is 104 Å². The van der Waals surface area contributed by atoms with Gasteiger partial charge >= 0.3 is 0 Å². The molecule has 0 saturated carbocycles. The maximum atomic E-state index is 12.0. The molecule has 0 aliphatic heterocycles. The number of fused-ring (bicyclic) bond motifs is 1. The molecule has 0 saturated heterocycles. The summed E-state index contributed by atoms with van der Waals surface area (Å²) >= 11 is 1.13. The van der Waals surface area contributed by atoms with E-state index in [-0.39, 0.29) is 5.56 Å². The molecule has 88 valence electrons. The van der Waals surface area contributed by atoms with Crippen molar-refractivity contribution in [3.8, 4) is 0 Å². The van der Waals surface area contributed by atoms with Crippen LogP contribution in [0.2, 0.25) is 0 Å². The lowest BCUT2D eigenvalue weighted by Gasteiger charge is -1.86. The lowest BCUT2D eigenvalue weighted by molar-refractivity contribution is 0.866. The van der Waals surface area contributed by atoms with Gasteiger partial charge in [0.15, 0.2) is 0 Å². The summed E-state index contributed by atoms with van der Waals surface area (Å²) in [5.41, 5.74) is 0.127. The summed E-state index contributed by atoms with van der Waals surface area (Å²) in [5, 5.41) is 3.75. The quantitative estimate of drug-likeness (QED) is 0.585. The van der Waals surface area contributed by atoms with Gasteiger partial charge in [0.1, 0.15) is 6.20 Å². The fourth-order valence-corrected chi connectivity index (χ4v) is 2.40. The summed E-state index contributed by atoms with van der Waals surface area (Å²) in [6.07, 6.45) is 6.03. The number of thiazole rings is 1. The Morgan fingerprint density at radius 2 is 2.00 bits per heavy atom. The van der Waals surface area contributed by atoms with Crippen LogP contribution in [0.25, 0.3) is 11.0 Å². The van der Waals surface area contributed by atoms with E-state index < -0.39 is 5.56 Å². The maximum absolute atomic E-state index is 12.0. The standard InChI is InChI=1S/C11H6N4O2S/c16-9-6-13-15-10(17)8(18-11(15)14-9)5-7-1-3-12-4-2-7/h1-6H. The van der Waals surface area contributed by atoms with Gasteiger partial charge in [-0.25, -0.2) is 0 Å². The summed E-state index contributed by atoms with van der Waals surface area (Å²) in [6, 6.07) is 3.57. The van der Waals surface area contributed by atoms with E-state index in [1.807, 2.05) is 0 Å². The third kappa shape index (κ3) is 1.80. The highest BCUT2D eigenvalue weighted by Crippen LogP contribution is 1.99. The second-order valence-electron chi connectivity index (χ2n) is 3.49. The minimum absolute atomic E-state index is 0.278. The van der Waals surface area contributed by atoms with Gasteiger partial charge in [-0.3, -0.25) is 14.6 Å². The molecule has 3 aromatic rings. The zero-order chi connectivity index (χ0) is 12.5. The topological polar surface area (TPSA) is 77.2 Å². The van der Waals surface area contributed by atoms with Gasteiger partial charge in [0, 0.05) is 12.4 Å². The highest BCUT2D eigenvalue weighted by Gasteiger charge is 2.04. The zero-order valence-electron chi connectivity index (χ0n) is 8.98. The number of aromatic nitrogens is 4. The Bertz CT molecular complexity index is 869. The summed E-state index contributed by atoms with van der Waals surface area (Å²) in [7, 11) is 0. The SMILES string of the molecule is O=c1cnn2c(=O)c(=Cc3ccncc3)sc2n1. The Balaban J connectivity index is 2.31. The van der Waals surface area contributed by atoms with Crippen molar-refractivity contribution < 1.29 is 0 Å². The highest BCUT2D eigenvalue weighted by atomic mass is 32.1. The van der Waals surface area contributed by atoms with Crippen LogP contribution in [0.4, 0.5) is 0 Å². The highest BCUT2D eigenvalue weighted by molar-refractivity contribution is 7.15. The van der Waals surface area contributed by atoms with Crippen LogP contribution in [0.5, 0.6) is 0 Å². The lowest BCUT2D eigenvalue weighted by Crippen LogP contribution is -2.25. The normalized spacial score (nSPS) is 12.1. The molecule has 3 rings (SSSR count). The van der Waals surface area contributed by atoms with Crippen molar-refractivity contribution in [1.82, 2.24) is 19.6 Å². The van der Waals surface area contributed by atoms with Crippen molar-refractivity contribution in [3.05, 3.63) is 61.5 Å². The van der Waals surface area contributed by atoms with Gasteiger partial charge in [0.05, 0.1) is 4.53 Å². The summed E-state index contributed by atoms with van der Waals surface area (Å²) in [6.45, 7) is 0. The van der Waals surface area contributed by atoms with E-state index in [9.17, 15) is 9.59 Å². The first-order valence-electron chi connectivity index (χ1n) is 5.05. The monoisotopic (exact) mass is 258 g/mol. The van der Waals surface area contributed by atoms with E-state index in [0.717, 1.165) is 27.6 Å². The molecule has 0 N–H and O–H groups in total. The average molecular weight is 258 g/mol. The minimum atomic E-state index is -0.452. The molecule has 0 aromatic carbocycles. The van der Waals surface area contributed by atoms with E-state index in [1.165, 1.54) is 0 Å². The molecule has 0 aliphatic rings. The van der Waals surface area contributed by atoms with Crippen molar-refractivity contribution in [2.45, 2.75) is 0 Å². The molecule has 7 heteroatoms. The third-order valence-corrected chi connectivity index (χ3v) is 3.24. The molecule has 3 heterocycles. The Kier molecular flexibility index (Phi) is 2.45. The number of rotatable bonds is 1. The number of nitrogens with zero attached hydrogens (tertiary/aromatic N) is 4. The molecule has 18 heavy (non-hydrogen) atoms. The predicted molar refractivity (Wildman–Crippen MR) is 66.4 cm³/mol. The molecule has 6 nitrogen and oxygen atoms in total. The first kappa shape index (κ1) is 10.7. The molecule has 0 fully saturated rings. The Morgan fingerprint density at radius 3 is 2.78 bits per heavy atom. The van der Waals surface area contributed by atoms with Crippen LogP contribution in [-0.2, 0) is 0 Å². The van der Waals surface area contributed by atoms with Gasteiger partial charge in [-0.15, -0.1) is 0 Å². The van der Waals surface area contributed by atoms with Gasteiger partial charge in [0.2, 0.25) is 4.96 Å². The van der Waals surface area contributed by atoms with Crippen LogP contribution < -0.4 is 15.7 Å². The van der Waals surface area contributed by atoms with Crippen molar-refractivity contribution in [1.29, 1.82) is 0 Å². The van der Waals surface area contributed by atoms with Crippen molar-refractivity contribution in [2.24, 2.45) is 0 Å². The van der Waals surface area contributed by atoms with E-state index >= 15 is 0 Å². The summed E-state index contributed by atoms with van der Waals surface area (Å²) < 4.78 is 1.60. The third-order valence-electron chi connectivity index (χ3n) is 2.28. The van der Waals surface area contributed by atoms with Crippen LogP contribution in [0, 0.1) is 0 Å². The van der Waals surface area contributed by atoms with Crippen LogP contribution >= 0.6 is 11.3 Å². The summed E-state index contributed by atoms with van der Waals surface area (Å²) in [5.74, 6) is 0. The maximum Gasteiger partial charge on any atom is 0.292 e. The number of hydrogen-bond acceptors (Lipinski definition) is 6. The first-order valence-corrected chi connectivity index (χ1v) is 5.86.